The fourth-order valence-corrected chi connectivity index (χ4v) is 3.76. The minimum atomic E-state index is 0.0467. The van der Waals surface area contributed by atoms with Crippen molar-refractivity contribution in [3.8, 4) is 11.3 Å². The van der Waals surface area contributed by atoms with Gasteiger partial charge in [0.1, 0.15) is 0 Å². The van der Waals surface area contributed by atoms with E-state index >= 15 is 0 Å². The van der Waals surface area contributed by atoms with Gasteiger partial charge in [0.15, 0.2) is 5.13 Å². The minimum Gasteiger partial charge on any atom is -0.378 e. The number of carbonyl (C=O) groups excluding carboxylic acids is 1. The first-order chi connectivity index (χ1) is 13.2. The Labute approximate surface area is 162 Å². The van der Waals surface area contributed by atoms with E-state index in [1.807, 2.05) is 65.7 Å². The highest BCUT2D eigenvalue weighted by molar-refractivity contribution is 7.14. The number of hydrogen-bond donors (Lipinski definition) is 1. The Hall–Kier alpha value is -2.70. The summed E-state index contributed by atoms with van der Waals surface area (Å²) in [5, 5.41) is 6.22. The first-order valence-corrected chi connectivity index (χ1v) is 9.84. The molecule has 1 aromatic heterocycles. The van der Waals surface area contributed by atoms with Crippen LogP contribution in [0.5, 0.6) is 0 Å². The fraction of sp³-hybridized carbons (Fsp3) is 0.238. The number of carbonyl (C=O) groups is 1. The zero-order valence-electron chi connectivity index (χ0n) is 15.1. The quantitative estimate of drug-likeness (QED) is 0.733. The number of nitrogens with zero attached hydrogens (tertiary/aromatic N) is 2. The van der Waals surface area contributed by atoms with Gasteiger partial charge in [-0.2, -0.15) is 0 Å². The Balaban J connectivity index is 1.54. The van der Waals surface area contributed by atoms with Crippen molar-refractivity contribution in [1.82, 2.24) is 9.88 Å². The van der Waals surface area contributed by atoms with E-state index < -0.39 is 0 Å². The first kappa shape index (κ1) is 17.7. The zero-order valence-corrected chi connectivity index (χ0v) is 16.0. The summed E-state index contributed by atoms with van der Waals surface area (Å²) < 4.78 is 5.33. The van der Waals surface area contributed by atoms with Gasteiger partial charge in [0.05, 0.1) is 18.9 Å². The van der Waals surface area contributed by atoms with Crippen LogP contribution < -0.4 is 5.32 Å². The standard InChI is InChI=1S/C21H21N3O2S/c1-15-7-8-17(20(25)24-9-11-26-12-10-24)13-18(15)22-21-23-19(14-27-21)16-5-3-2-4-6-16/h2-8,13-14H,9-12H2,1H3,(H,22,23). The molecule has 1 amide bonds. The van der Waals surface area contributed by atoms with Gasteiger partial charge in [-0.3, -0.25) is 4.79 Å². The molecule has 27 heavy (non-hydrogen) atoms. The molecular weight excluding hydrogens is 358 g/mol. The number of thiazole rings is 1. The molecule has 0 bridgehead atoms. The van der Waals surface area contributed by atoms with Crippen LogP contribution in [0.4, 0.5) is 10.8 Å². The summed E-state index contributed by atoms with van der Waals surface area (Å²) in [6.45, 7) is 4.51. The van der Waals surface area contributed by atoms with Gasteiger partial charge < -0.3 is 15.0 Å². The summed E-state index contributed by atoms with van der Waals surface area (Å²) in [5.41, 5.74) is 4.70. The molecule has 5 nitrogen and oxygen atoms in total. The van der Waals surface area contributed by atoms with Crippen LogP contribution in [0.25, 0.3) is 11.3 Å². The van der Waals surface area contributed by atoms with Gasteiger partial charge in [-0.15, -0.1) is 11.3 Å². The van der Waals surface area contributed by atoms with Crippen LogP contribution in [0, 0.1) is 6.92 Å². The van der Waals surface area contributed by atoms with Crippen molar-refractivity contribution in [2.24, 2.45) is 0 Å². The lowest BCUT2D eigenvalue weighted by atomic mass is 10.1. The molecule has 2 aromatic carbocycles. The molecule has 3 aromatic rings. The number of rotatable bonds is 4. The second-order valence-corrected chi connectivity index (χ2v) is 7.32. The molecule has 0 spiro atoms. The average Bonchev–Trinajstić information content (AvgIpc) is 3.19. The number of nitrogens with one attached hydrogen (secondary N) is 1. The smallest absolute Gasteiger partial charge is 0.254 e. The lowest BCUT2D eigenvalue weighted by molar-refractivity contribution is 0.0303. The molecule has 1 saturated heterocycles. The van der Waals surface area contributed by atoms with E-state index in [1.54, 1.807) is 11.3 Å². The Kier molecular flexibility index (Phi) is 5.18. The number of ether oxygens (including phenoxy) is 1. The third-order valence-electron chi connectivity index (χ3n) is 4.60. The summed E-state index contributed by atoms with van der Waals surface area (Å²) in [4.78, 5) is 19.3. The Morgan fingerprint density at radius 1 is 1.15 bits per heavy atom. The topological polar surface area (TPSA) is 54.5 Å². The largest absolute Gasteiger partial charge is 0.378 e. The first-order valence-electron chi connectivity index (χ1n) is 8.96. The summed E-state index contributed by atoms with van der Waals surface area (Å²) in [7, 11) is 0. The lowest BCUT2D eigenvalue weighted by Crippen LogP contribution is -2.40. The van der Waals surface area contributed by atoms with Gasteiger partial charge >= 0.3 is 0 Å². The van der Waals surface area contributed by atoms with Crippen molar-refractivity contribution in [3.05, 3.63) is 65.0 Å². The van der Waals surface area contributed by atoms with Crippen LogP contribution in [-0.2, 0) is 4.74 Å². The number of aromatic nitrogens is 1. The molecule has 0 atom stereocenters. The summed E-state index contributed by atoms with van der Waals surface area (Å²) >= 11 is 1.56. The third-order valence-corrected chi connectivity index (χ3v) is 5.36. The van der Waals surface area contributed by atoms with E-state index in [-0.39, 0.29) is 5.91 Å². The average molecular weight is 379 g/mol. The van der Waals surface area contributed by atoms with Gasteiger partial charge in [-0.25, -0.2) is 4.98 Å². The Bertz CT molecular complexity index is 934. The van der Waals surface area contributed by atoms with Crippen LogP contribution in [0.15, 0.2) is 53.9 Å². The predicted molar refractivity (Wildman–Crippen MR) is 109 cm³/mol. The molecule has 0 unspecified atom stereocenters. The molecule has 6 heteroatoms. The SMILES string of the molecule is Cc1ccc(C(=O)N2CCOCC2)cc1Nc1nc(-c2ccccc2)cs1. The van der Waals surface area contributed by atoms with Crippen molar-refractivity contribution in [2.75, 3.05) is 31.6 Å². The maximum atomic E-state index is 12.7. The lowest BCUT2D eigenvalue weighted by Gasteiger charge is -2.27. The minimum absolute atomic E-state index is 0.0467. The van der Waals surface area contributed by atoms with E-state index in [9.17, 15) is 4.79 Å². The molecule has 138 valence electrons. The number of anilines is 2. The molecule has 4 rings (SSSR count). The molecular formula is C21H21N3O2S. The van der Waals surface area contributed by atoms with Crippen LogP contribution in [0.1, 0.15) is 15.9 Å². The number of morpholine rings is 1. The van der Waals surface area contributed by atoms with Crippen LogP contribution in [-0.4, -0.2) is 42.1 Å². The highest BCUT2D eigenvalue weighted by atomic mass is 32.1. The fourth-order valence-electron chi connectivity index (χ4n) is 3.03. The molecule has 1 fully saturated rings. The van der Waals surface area contributed by atoms with E-state index in [4.69, 9.17) is 4.74 Å². The van der Waals surface area contributed by atoms with Gasteiger partial charge in [0.25, 0.3) is 5.91 Å². The maximum absolute atomic E-state index is 12.7. The summed E-state index contributed by atoms with van der Waals surface area (Å²) in [5.74, 6) is 0.0467. The van der Waals surface area contributed by atoms with Gasteiger partial charge in [-0.05, 0) is 24.6 Å². The Morgan fingerprint density at radius 3 is 2.70 bits per heavy atom. The highest BCUT2D eigenvalue weighted by Crippen LogP contribution is 2.29. The molecule has 1 aliphatic heterocycles. The summed E-state index contributed by atoms with van der Waals surface area (Å²) in [6, 6.07) is 15.9. The van der Waals surface area contributed by atoms with Crippen molar-refractivity contribution in [3.63, 3.8) is 0 Å². The normalized spacial score (nSPS) is 14.2. The summed E-state index contributed by atoms with van der Waals surface area (Å²) in [6.07, 6.45) is 0. The number of hydrogen-bond acceptors (Lipinski definition) is 5. The van der Waals surface area contributed by atoms with Gasteiger partial charge in [0, 0.05) is 35.3 Å². The van der Waals surface area contributed by atoms with E-state index in [0.717, 1.165) is 27.6 Å². The predicted octanol–water partition coefficient (Wildman–Crippen LogP) is 4.33. The van der Waals surface area contributed by atoms with Crippen molar-refractivity contribution >= 4 is 28.1 Å². The van der Waals surface area contributed by atoms with Crippen molar-refractivity contribution in [1.29, 1.82) is 0 Å². The zero-order chi connectivity index (χ0) is 18.6. The van der Waals surface area contributed by atoms with E-state index in [2.05, 4.69) is 10.3 Å². The highest BCUT2D eigenvalue weighted by Gasteiger charge is 2.19. The number of benzene rings is 2. The van der Waals surface area contributed by atoms with E-state index in [0.29, 0.717) is 31.9 Å². The van der Waals surface area contributed by atoms with Crippen molar-refractivity contribution in [2.45, 2.75) is 6.92 Å². The third kappa shape index (κ3) is 4.02. The number of aryl methyl sites for hydroxylation is 1. The number of amides is 1. The van der Waals surface area contributed by atoms with Gasteiger partial charge in [-0.1, -0.05) is 36.4 Å². The maximum Gasteiger partial charge on any atom is 0.254 e. The molecule has 2 heterocycles. The second-order valence-electron chi connectivity index (χ2n) is 6.46. The molecule has 0 radical (unpaired) electrons. The van der Waals surface area contributed by atoms with Crippen LogP contribution >= 0.6 is 11.3 Å². The van der Waals surface area contributed by atoms with Crippen molar-refractivity contribution < 1.29 is 9.53 Å². The van der Waals surface area contributed by atoms with Gasteiger partial charge in [0.2, 0.25) is 0 Å². The molecule has 1 N–H and O–H groups in total. The Morgan fingerprint density at radius 2 is 1.93 bits per heavy atom. The monoisotopic (exact) mass is 379 g/mol. The molecule has 0 saturated carbocycles. The van der Waals surface area contributed by atoms with Crippen LogP contribution in [0.3, 0.4) is 0 Å². The molecule has 0 aliphatic carbocycles. The second kappa shape index (κ2) is 7.90. The van der Waals surface area contributed by atoms with Crippen LogP contribution in [0.2, 0.25) is 0 Å². The van der Waals surface area contributed by atoms with E-state index in [1.165, 1.54) is 0 Å². The molecule has 1 aliphatic rings.